The number of hydrogen-bond donors (Lipinski definition) is 3. The first kappa shape index (κ1) is 27.8. The second-order valence-electron chi connectivity index (χ2n) is 11.6. The first-order chi connectivity index (χ1) is 20.9. The van der Waals surface area contributed by atoms with Crippen molar-refractivity contribution in [3.8, 4) is 11.4 Å². The maximum atomic E-state index is 14.4. The van der Waals surface area contributed by atoms with Crippen LogP contribution < -0.4 is 0 Å². The molecule has 3 N–H and O–H groups in total. The number of hydrogen-bond acceptors (Lipinski definition) is 6. The highest BCUT2D eigenvalue weighted by atomic mass is 79.9. The van der Waals surface area contributed by atoms with Gasteiger partial charge in [0.05, 0.1) is 35.1 Å². The maximum absolute atomic E-state index is 14.4. The van der Waals surface area contributed by atoms with Crippen LogP contribution in [-0.4, -0.2) is 77.8 Å². The Kier molecular flexibility index (Phi) is 7.09. The van der Waals surface area contributed by atoms with E-state index in [0.29, 0.717) is 72.9 Å². The summed E-state index contributed by atoms with van der Waals surface area (Å²) in [5.74, 6) is 0.946. The number of rotatable bonds is 6. The number of aromatic nitrogens is 4. The van der Waals surface area contributed by atoms with Crippen LogP contribution in [0.5, 0.6) is 5.75 Å². The topological polar surface area (TPSA) is 128 Å². The summed E-state index contributed by atoms with van der Waals surface area (Å²) >= 11 is 3.54. The van der Waals surface area contributed by atoms with Crippen molar-refractivity contribution < 1.29 is 19.8 Å². The van der Waals surface area contributed by atoms with Gasteiger partial charge in [0, 0.05) is 48.9 Å². The number of benzene rings is 2. The predicted octanol–water partition coefficient (Wildman–Crippen LogP) is 4.33. The lowest BCUT2D eigenvalue weighted by atomic mass is 9.80. The first-order valence-electron chi connectivity index (χ1n) is 14.8. The van der Waals surface area contributed by atoms with Gasteiger partial charge in [-0.05, 0) is 70.6 Å². The molecule has 2 aliphatic heterocycles. The SMILES string of the molecule is C=CC(=O)N1CCc2nn(-c3ccc(C4CCC4)cc3O)c3c2C(C1)N(C(=O)c1ccc(Br)c2nc(CCO)[nH]c12)CC3. The smallest absolute Gasteiger partial charge is 0.256 e. The van der Waals surface area contributed by atoms with Crippen molar-refractivity contribution in [1.29, 1.82) is 0 Å². The fraction of sp³-hybridized carbons (Fsp3) is 0.375. The van der Waals surface area contributed by atoms with Gasteiger partial charge in [-0.25, -0.2) is 9.67 Å². The normalized spacial score (nSPS) is 18.3. The van der Waals surface area contributed by atoms with Gasteiger partial charge in [0.25, 0.3) is 5.91 Å². The van der Waals surface area contributed by atoms with Crippen LogP contribution in [0.25, 0.3) is 16.7 Å². The summed E-state index contributed by atoms with van der Waals surface area (Å²) in [6.45, 7) is 4.80. The van der Waals surface area contributed by atoms with Gasteiger partial charge >= 0.3 is 0 Å². The number of amides is 2. The lowest BCUT2D eigenvalue weighted by molar-refractivity contribution is -0.126. The Morgan fingerprint density at radius 3 is 2.72 bits per heavy atom. The van der Waals surface area contributed by atoms with Crippen molar-refractivity contribution in [3.05, 3.63) is 81.4 Å². The fourth-order valence-electron chi connectivity index (χ4n) is 6.75. The number of carbonyl (C=O) groups excluding carboxylic acids is 2. The molecule has 4 aromatic rings. The number of carbonyl (C=O) groups is 2. The Labute approximate surface area is 257 Å². The van der Waals surface area contributed by atoms with E-state index in [1.807, 2.05) is 27.8 Å². The summed E-state index contributed by atoms with van der Waals surface area (Å²) in [6.07, 6.45) is 6.26. The minimum absolute atomic E-state index is 0.0590. The minimum atomic E-state index is -0.429. The average Bonchev–Trinajstić information content (AvgIpc) is 3.50. The van der Waals surface area contributed by atoms with E-state index >= 15 is 0 Å². The number of phenols is 1. The Hall–Kier alpha value is -3.96. The number of imidazole rings is 1. The third-order valence-electron chi connectivity index (χ3n) is 9.18. The number of aliphatic hydroxyl groups is 1. The molecule has 7 rings (SSSR count). The second kappa shape index (κ2) is 10.9. The van der Waals surface area contributed by atoms with Gasteiger partial charge in [0.15, 0.2) is 0 Å². The van der Waals surface area contributed by atoms with Crippen molar-refractivity contribution in [2.75, 3.05) is 26.2 Å². The molecule has 11 heteroatoms. The van der Waals surface area contributed by atoms with Crippen LogP contribution >= 0.6 is 15.9 Å². The van der Waals surface area contributed by atoms with Crippen LogP contribution in [0.2, 0.25) is 0 Å². The van der Waals surface area contributed by atoms with Crippen molar-refractivity contribution in [2.45, 2.75) is 50.5 Å². The summed E-state index contributed by atoms with van der Waals surface area (Å²) in [5.41, 5.74) is 6.22. The van der Waals surface area contributed by atoms with E-state index in [1.165, 1.54) is 12.5 Å². The van der Waals surface area contributed by atoms with Crippen LogP contribution in [-0.2, 0) is 24.1 Å². The van der Waals surface area contributed by atoms with Crippen molar-refractivity contribution >= 4 is 38.8 Å². The molecule has 1 saturated carbocycles. The largest absolute Gasteiger partial charge is 0.506 e. The molecule has 1 atom stereocenters. The van der Waals surface area contributed by atoms with E-state index in [0.717, 1.165) is 39.8 Å². The number of H-pyrrole nitrogens is 1. The van der Waals surface area contributed by atoms with Crippen molar-refractivity contribution in [1.82, 2.24) is 29.5 Å². The summed E-state index contributed by atoms with van der Waals surface area (Å²) in [5, 5.41) is 25.6. The molecule has 43 heavy (non-hydrogen) atoms. The summed E-state index contributed by atoms with van der Waals surface area (Å²) in [7, 11) is 0. The first-order valence-corrected chi connectivity index (χ1v) is 15.6. The average molecular weight is 646 g/mol. The molecule has 2 amide bonds. The van der Waals surface area contributed by atoms with E-state index in [4.69, 9.17) is 5.10 Å². The molecule has 3 aliphatic rings. The molecular formula is C32H33BrN6O4. The zero-order chi connectivity index (χ0) is 29.8. The van der Waals surface area contributed by atoms with Crippen molar-refractivity contribution in [3.63, 3.8) is 0 Å². The molecule has 2 aromatic heterocycles. The molecule has 0 bridgehead atoms. The lowest BCUT2D eigenvalue weighted by Crippen LogP contribution is -2.45. The summed E-state index contributed by atoms with van der Waals surface area (Å²) in [6, 6.07) is 9.07. The lowest BCUT2D eigenvalue weighted by Gasteiger charge is -2.38. The Morgan fingerprint density at radius 1 is 1.16 bits per heavy atom. The molecule has 0 saturated heterocycles. The van der Waals surface area contributed by atoms with Gasteiger partial charge in [-0.15, -0.1) is 0 Å². The summed E-state index contributed by atoms with van der Waals surface area (Å²) < 4.78 is 2.60. The number of halogens is 1. The number of nitrogens with one attached hydrogen (secondary N) is 1. The third-order valence-corrected chi connectivity index (χ3v) is 9.82. The van der Waals surface area contributed by atoms with Gasteiger partial charge in [0.2, 0.25) is 5.91 Å². The zero-order valence-corrected chi connectivity index (χ0v) is 25.3. The highest BCUT2D eigenvalue weighted by Gasteiger charge is 2.40. The third kappa shape index (κ3) is 4.65. The van der Waals surface area contributed by atoms with E-state index in [9.17, 15) is 19.8 Å². The number of aromatic amines is 1. The molecule has 2 aromatic carbocycles. The van der Waals surface area contributed by atoms with Crippen LogP contribution in [0.4, 0.5) is 0 Å². The second-order valence-corrected chi connectivity index (χ2v) is 12.4. The van der Waals surface area contributed by atoms with Crippen LogP contribution in [0, 0.1) is 0 Å². The molecule has 1 fully saturated rings. The fourth-order valence-corrected chi connectivity index (χ4v) is 7.17. The molecule has 222 valence electrons. The molecule has 0 radical (unpaired) electrons. The molecule has 10 nitrogen and oxygen atoms in total. The quantitative estimate of drug-likeness (QED) is 0.268. The Morgan fingerprint density at radius 2 is 2.00 bits per heavy atom. The highest BCUT2D eigenvalue weighted by Crippen LogP contribution is 2.42. The number of aliphatic hydroxyl groups excluding tert-OH is 1. The number of phenolic OH excluding ortho intramolecular Hbond substituents is 1. The maximum Gasteiger partial charge on any atom is 0.256 e. The molecule has 1 unspecified atom stereocenters. The van der Waals surface area contributed by atoms with E-state index < -0.39 is 6.04 Å². The Bertz CT molecular complexity index is 1770. The summed E-state index contributed by atoms with van der Waals surface area (Å²) in [4.78, 5) is 38.6. The van der Waals surface area contributed by atoms with Crippen molar-refractivity contribution in [2.24, 2.45) is 0 Å². The molecule has 0 spiro atoms. The zero-order valence-electron chi connectivity index (χ0n) is 23.7. The molecular weight excluding hydrogens is 612 g/mol. The molecule has 1 aliphatic carbocycles. The van der Waals surface area contributed by atoms with Gasteiger partial charge in [-0.3, -0.25) is 9.59 Å². The van der Waals surface area contributed by atoms with E-state index in [2.05, 4.69) is 38.5 Å². The predicted molar refractivity (Wildman–Crippen MR) is 164 cm³/mol. The highest BCUT2D eigenvalue weighted by molar-refractivity contribution is 9.10. The number of nitrogens with zero attached hydrogens (tertiary/aromatic N) is 5. The standard InChI is InChI=1S/C32H33BrN6O4/c1-2-28(42)37-13-10-22-29-24(39(36-22)23-9-6-19(16-26(23)41)18-4-3-5-18)11-14-38(25(29)17-37)32(43)20-7-8-21(33)31-30(20)34-27(35-31)12-15-40/h2,6-9,16,18,25,40-41H,1,3-5,10-15,17H2,(H,34,35). The molecule has 4 heterocycles. The minimum Gasteiger partial charge on any atom is -0.506 e. The Balaban J connectivity index is 1.31. The van der Waals surface area contributed by atoms with Gasteiger partial charge in [0.1, 0.15) is 22.8 Å². The van der Waals surface area contributed by atoms with E-state index in [1.54, 1.807) is 11.0 Å². The van der Waals surface area contributed by atoms with Crippen LogP contribution in [0.15, 0.2) is 47.5 Å². The number of aromatic hydroxyl groups is 1. The number of fused-ring (bicyclic) bond motifs is 1. The van der Waals surface area contributed by atoms with Gasteiger partial charge in [-0.1, -0.05) is 19.1 Å². The van der Waals surface area contributed by atoms with Gasteiger partial charge in [-0.2, -0.15) is 5.10 Å². The van der Waals surface area contributed by atoms with Crippen LogP contribution in [0.1, 0.15) is 69.9 Å². The van der Waals surface area contributed by atoms with Crippen LogP contribution in [0.3, 0.4) is 0 Å². The van der Waals surface area contributed by atoms with Gasteiger partial charge < -0.3 is 25.0 Å². The monoisotopic (exact) mass is 644 g/mol. The van der Waals surface area contributed by atoms with E-state index in [-0.39, 0.29) is 24.2 Å².